The molecule has 0 aromatic heterocycles. The van der Waals surface area contributed by atoms with E-state index in [0.29, 0.717) is 0 Å². The van der Waals surface area contributed by atoms with Crippen molar-refractivity contribution in [3.05, 3.63) is 121 Å². The Kier molecular flexibility index (Phi) is 8.40. The van der Waals surface area contributed by atoms with E-state index >= 15 is 0 Å². The molecule has 0 aliphatic carbocycles. The Morgan fingerprint density at radius 1 is 0.576 bits per heavy atom. The first-order chi connectivity index (χ1) is 16.2. The molecule has 0 saturated heterocycles. The smallest absolute Gasteiger partial charge is 0.388 e. The molecule has 4 aromatic rings. The largest absolute Gasteiger partial charge is 0.444 e. The van der Waals surface area contributed by atoms with Crippen LogP contribution in [0, 0.1) is 0 Å². The Balaban J connectivity index is 1.90. The Morgan fingerprint density at radius 3 is 1.36 bits per heavy atom. The fourth-order valence-electron chi connectivity index (χ4n) is 4.03. The second-order valence-electron chi connectivity index (χ2n) is 7.81. The minimum absolute atomic E-state index is 0.576. The van der Waals surface area contributed by atoms with Gasteiger partial charge >= 0.3 is 8.56 Å². The quantitative estimate of drug-likeness (QED) is 0.310. The molecule has 1 atom stereocenters. The third-order valence-corrected chi connectivity index (χ3v) is 17.8. The molecule has 0 saturated carbocycles. The molecular weight excluding hydrogens is 473 g/mol. The van der Waals surface area contributed by atoms with Gasteiger partial charge in [-0.3, -0.25) is 0 Å². The van der Waals surface area contributed by atoms with Crippen LogP contribution in [0.15, 0.2) is 121 Å². The maximum Gasteiger partial charge on any atom is 0.388 e. The van der Waals surface area contributed by atoms with E-state index in [1.54, 1.807) is 0 Å². The van der Waals surface area contributed by atoms with Crippen molar-refractivity contribution in [2.24, 2.45) is 0 Å². The van der Waals surface area contributed by atoms with Crippen LogP contribution in [-0.2, 0) is 12.3 Å². The summed E-state index contributed by atoms with van der Waals surface area (Å²) in [6, 6.07) is 42.3. The van der Waals surface area contributed by atoms with Gasteiger partial charge in [0, 0.05) is 0 Å². The SMILES string of the molecule is C[SiH2]O[SiH](C)O[Si](O[SiH](c1ccccc1)c1ccccc1)(c1ccccc1)c1ccccc1. The molecule has 0 bridgehead atoms. The summed E-state index contributed by atoms with van der Waals surface area (Å²) < 4.78 is 20.6. The van der Waals surface area contributed by atoms with E-state index in [2.05, 4.69) is 122 Å². The van der Waals surface area contributed by atoms with E-state index < -0.39 is 36.6 Å². The predicted octanol–water partition coefficient (Wildman–Crippen LogP) is 1.81. The monoisotopic (exact) mass is 502 g/mol. The zero-order valence-electron chi connectivity index (χ0n) is 19.1. The van der Waals surface area contributed by atoms with Crippen molar-refractivity contribution in [3.63, 3.8) is 0 Å². The fraction of sp³-hybridized carbons (Fsp3) is 0.0769. The van der Waals surface area contributed by atoms with E-state index in [-0.39, 0.29) is 0 Å². The van der Waals surface area contributed by atoms with Crippen molar-refractivity contribution in [1.29, 1.82) is 0 Å². The molecule has 1 unspecified atom stereocenters. The molecule has 0 aliphatic heterocycles. The fourth-order valence-corrected chi connectivity index (χ4v) is 17.1. The van der Waals surface area contributed by atoms with Crippen molar-refractivity contribution >= 4 is 57.4 Å². The van der Waals surface area contributed by atoms with Crippen LogP contribution >= 0.6 is 0 Å². The molecule has 0 N–H and O–H groups in total. The minimum Gasteiger partial charge on any atom is -0.444 e. The molecule has 0 spiro atoms. The molecule has 0 amide bonds. The third-order valence-electron chi connectivity index (χ3n) is 5.53. The summed E-state index contributed by atoms with van der Waals surface area (Å²) in [6.07, 6.45) is 0. The van der Waals surface area contributed by atoms with Gasteiger partial charge in [0.05, 0.1) is 0 Å². The van der Waals surface area contributed by atoms with Crippen molar-refractivity contribution < 1.29 is 12.3 Å². The molecule has 0 radical (unpaired) electrons. The second kappa shape index (κ2) is 11.7. The van der Waals surface area contributed by atoms with E-state index in [1.807, 2.05) is 12.1 Å². The van der Waals surface area contributed by atoms with Crippen molar-refractivity contribution in [2.75, 3.05) is 0 Å². The second-order valence-corrected chi connectivity index (χ2v) is 17.2. The highest BCUT2D eigenvalue weighted by molar-refractivity contribution is 7.01. The highest BCUT2D eigenvalue weighted by Gasteiger charge is 2.46. The summed E-state index contributed by atoms with van der Waals surface area (Å²) in [7, 11) is -7.60. The van der Waals surface area contributed by atoms with Gasteiger partial charge in [-0.25, -0.2) is 0 Å². The van der Waals surface area contributed by atoms with E-state index in [1.165, 1.54) is 10.4 Å². The van der Waals surface area contributed by atoms with Gasteiger partial charge in [0.1, 0.15) is 9.76 Å². The summed E-state index contributed by atoms with van der Waals surface area (Å²) in [4.78, 5) is 0. The molecule has 0 fully saturated rings. The van der Waals surface area contributed by atoms with Crippen LogP contribution in [0.5, 0.6) is 0 Å². The van der Waals surface area contributed by atoms with Gasteiger partial charge in [0.15, 0.2) is 0 Å². The van der Waals surface area contributed by atoms with Crippen molar-refractivity contribution in [3.8, 4) is 0 Å². The van der Waals surface area contributed by atoms with Crippen LogP contribution in [0.2, 0.25) is 13.1 Å². The van der Waals surface area contributed by atoms with Gasteiger partial charge in [-0.2, -0.15) is 0 Å². The highest BCUT2D eigenvalue weighted by Crippen LogP contribution is 2.14. The van der Waals surface area contributed by atoms with Crippen LogP contribution in [-0.4, -0.2) is 36.6 Å². The normalized spacial score (nSPS) is 12.9. The van der Waals surface area contributed by atoms with E-state index in [0.717, 1.165) is 10.4 Å². The number of rotatable bonds is 10. The lowest BCUT2D eigenvalue weighted by Gasteiger charge is -2.37. The lowest BCUT2D eigenvalue weighted by Crippen LogP contribution is -2.70. The molecule has 0 aliphatic rings. The Morgan fingerprint density at radius 2 is 0.970 bits per heavy atom. The van der Waals surface area contributed by atoms with Crippen LogP contribution in [0.3, 0.4) is 0 Å². The molecule has 7 heteroatoms. The maximum absolute atomic E-state index is 7.43. The zero-order chi connectivity index (χ0) is 22.9. The predicted molar refractivity (Wildman–Crippen MR) is 148 cm³/mol. The number of hydrogen-bond acceptors (Lipinski definition) is 3. The molecule has 0 heterocycles. The average Bonchev–Trinajstić information content (AvgIpc) is 2.89. The molecule has 3 nitrogen and oxygen atoms in total. The topological polar surface area (TPSA) is 27.7 Å². The first-order valence-electron chi connectivity index (χ1n) is 11.4. The lowest BCUT2D eigenvalue weighted by atomic mass is 10.4. The number of benzene rings is 4. The first kappa shape index (κ1) is 23.8. The van der Waals surface area contributed by atoms with Gasteiger partial charge < -0.3 is 12.3 Å². The summed E-state index contributed by atoms with van der Waals surface area (Å²) in [5, 5.41) is 4.75. The minimum atomic E-state index is -3.06. The van der Waals surface area contributed by atoms with Crippen LogP contribution in [0.25, 0.3) is 0 Å². The third kappa shape index (κ3) is 5.77. The van der Waals surface area contributed by atoms with Crippen molar-refractivity contribution in [1.82, 2.24) is 0 Å². The molecule has 4 rings (SSSR count). The van der Waals surface area contributed by atoms with Crippen LogP contribution < -0.4 is 20.7 Å². The van der Waals surface area contributed by atoms with E-state index in [9.17, 15) is 0 Å². The Hall–Kier alpha value is -2.37. The first-order valence-corrected chi connectivity index (χ1v) is 18.9. The Labute approximate surface area is 203 Å². The Bertz CT molecular complexity index is 1020. The lowest BCUT2D eigenvalue weighted by molar-refractivity contribution is 0.381. The van der Waals surface area contributed by atoms with Crippen LogP contribution in [0.4, 0.5) is 0 Å². The molecular formula is C26H30O3Si4. The molecule has 168 valence electrons. The van der Waals surface area contributed by atoms with Gasteiger partial charge in [-0.1, -0.05) is 128 Å². The summed E-state index contributed by atoms with van der Waals surface area (Å²) in [6.45, 7) is 4.29. The summed E-state index contributed by atoms with van der Waals surface area (Å²) in [5.41, 5.74) is 0. The van der Waals surface area contributed by atoms with Gasteiger partial charge in [-0.15, -0.1) is 0 Å². The summed E-state index contributed by atoms with van der Waals surface area (Å²) in [5.74, 6) is 0. The van der Waals surface area contributed by atoms with Crippen molar-refractivity contribution in [2.45, 2.75) is 13.1 Å². The van der Waals surface area contributed by atoms with Crippen LogP contribution in [0.1, 0.15) is 0 Å². The summed E-state index contributed by atoms with van der Waals surface area (Å²) >= 11 is 0. The van der Waals surface area contributed by atoms with Gasteiger partial charge in [0.25, 0.3) is 9.28 Å². The van der Waals surface area contributed by atoms with Gasteiger partial charge in [0.2, 0.25) is 9.04 Å². The zero-order valence-corrected chi connectivity index (χ0v) is 23.9. The molecule has 33 heavy (non-hydrogen) atoms. The maximum atomic E-state index is 7.43. The van der Waals surface area contributed by atoms with E-state index in [4.69, 9.17) is 12.3 Å². The average molecular weight is 503 g/mol. The highest BCUT2D eigenvalue weighted by atomic mass is 28.5. The van der Waals surface area contributed by atoms with Gasteiger partial charge in [-0.05, 0) is 27.3 Å². The molecule has 4 aromatic carbocycles. The number of hydrogen-bond donors (Lipinski definition) is 0. The standard InChI is InChI=1S/C26H30O3Si4/c1-30-27-31(2)28-33(25-19-11-5-12-20-25,26-21-13-6-14-22-26)29-32(23-15-7-3-8-16-23)24-17-9-4-10-18-24/h3-22,31-32H,30H2,1-2H3.